The van der Waals surface area contributed by atoms with Crippen LogP contribution in [0.3, 0.4) is 0 Å². The molecule has 0 unspecified atom stereocenters. The summed E-state index contributed by atoms with van der Waals surface area (Å²) in [6.07, 6.45) is 3.08. The second-order valence-electron chi connectivity index (χ2n) is 10.9. The van der Waals surface area contributed by atoms with E-state index in [2.05, 4.69) is 9.98 Å². The maximum atomic E-state index is 13.1. The molecule has 0 spiro atoms. The molecule has 3 rings (SSSR count). The zero-order valence-electron chi connectivity index (χ0n) is 25.8. The van der Waals surface area contributed by atoms with Crippen LogP contribution >= 0.6 is 34.8 Å². The first kappa shape index (κ1) is 46.4. The molecule has 0 bridgehead atoms. The Balaban J connectivity index is -0.00000198. The summed E-state index contributed by atoms with van der Waals surface area (Å²) in [6, 6.07) is 14.2. The van der Waals surface area contributed by atoms with Gasteiger partial charge in [-0.2, -0.15) is 0 Å². The van der Waals surface area contributed by atoms with Crippen LogP contribution in [0.5, 0.6) is 23.0 Å². The fourth-order valence-electron chi connectivity index (χ4n) is 3.75. The number of nitrogens with zero attached hydrogens (tertiary/aromatic N) is 2. The van der Waals surface area contributed by atoms with Gasteiger partial charge in [0.2, 0.25) is 0 Å². The van der Waals surface area contributed by atoms with Gasteiger partial charge in [-0.15, -0.1) is 0 Å². The van der Waals surface area contributed by atoms with E-state index in [9.17, 15) is 10.2 Å². The Labute approximate surface area is 298 Å². The van der Waals surface area contributed by atoms with Crippen LogP contribution in [0.2, 0.25) is 0 Å². The molecular weight excluding hydrogens is 857 g/mol. The summed E-state index contributed by atoms with van der Waals surface area (Å²) in [6.45, 7) is 11.9. The molecule has 0 radical (unpaired) electrons. The summed E-state index contributed by atoms with van der Waals surface area (Å²) >= 11 is 14.4. The molecule has 0 aliphatic heterocycles. The number of halogens is 3. The number of ether oxygens (including phenoxy) is 2. The molecule has 0 saturated carbocycles. The van der Waals surface area contributed by atoms with Crippen LogP contribution in [-0.4, -0.2) is 36.4 Å². The molecule has 244 valence electrons. The molecule has 0 aliphatic carbocycles. The zero-order chi connectivity index (χ0) is 30.3. The van der Waals surface area contributed by atoms with E-state index in [1.165, 1.54) is 12.4 Å². The van der Waals surface area contributed by atoms with Crippen molar-refractivity contribution in [3.05, 3.63) is 70.8 Å². The molecule has 0 amide bonds. The average molecular weight is 894 g/mol. The van der Waals surface area contributed by atoms with Crippen LogP contribution in [-0.2, 0) is 21.8 Å². The summed E-state index contributed by atoms with van der Waals surface area (Å²) in [4.78, 5) is 9.13. The minimum absolute atomic E-state index is 0. The molecule has 0 heterocycles. The van der Waals surface area contributed by atoms with Crippen LogP contribution in [0, 0.1) is 31.1 Å². The van der Waals surface area contributed by atoms with Gasteiger partial charge in [0, 0.05) is 43.5 Å². The van der Waals surface area contributed by atoms with E-state index < -0.39 is 4.30 Å². The van der Waals surface area contributed by atoms with Gasteiger partial charge in [0.05, 0.1) is 25.6 Å². The van der Waals surface area contributed by atoms with Crippen molar-refractivity contribution in [1.82, 2.24) is 0 Å². The summed E-state index contributed by atoms with van der Waals surface area (Å²) in [5.74, 6) is 1.02. The normalized spacial score (nSPS) is 11.0. The summed E-state index contributed by atoms with van der Waals surface area (Å²) in [7, 11) is 3.15. The third kappa shape index (κ3) is 13.6. The summed E-state index contributed by atoms with van der Waals surface area (Å²) in [5, 5.41) is 26.2. The largest absolute Gasteiger partial charge is 2.00 e. The zero-order valence-corrected chi connectivity index (χ0v) is 32.3. The molecule has 0 aromatic heterocycles. The Morgan fingerprint density at radius 2 is 0.977 bits per heavy atom. The number of methoxy groups -OCH3 is 2. The first-order valence-corrected chi connectivity index (χ1v) is 13.8. The second kappa shape index (κ2) is 20.2. The maximum Gasteiger partial charge on any atom is 0.180 e. The number of hydrogen-bond acceptors (Lipinski definition) is 6. The first-order chi connectivity index (χ1) is 18.6. The van der Waals surface area contributed by atoms with Gasteiger partial charge in [-0.25, -0.2) is 0 Å². The third-order valence-electron chi connectivity index (χ3n) is 5.84. The summed E-state index contributed by atoms with van der Waals surface area (Å²) in [5.41, 5.74) is 2.64. The molecule has 13 heteroatoms. The van der Waals surface area contributed by atoms with E-state index in [0.29, 0.717) is 45.1 Å². The Morgan fingerprint density at radius 1 is 0.682 bits per heavy atom. The number of rotatable bonds is 6. The molecule has 44 heavy (non-hydrogen) atoms. The molecule has 0 fully saturated rings. The SMILES string of the molecule is COc1cc(C=Nc2ccccc2N=Cc2cc(OC)cc(C(C)(C)C)c2[O-])c([O-])c(C(C)(C)C)c1.ClC(Cl)Cl.O.[O-2].[O-2].[U]. The monoisotopic (exact) mass is 892 g/mol. The fraction of sp³-hybridized carbons (Fsp3) is 0.355. The molecule has 0 aliphatic rings. The smallest absolute Gasteiger partial charge is 0.180 e. The van der Waals surface area contributed by atoms with E-state index in [0.717, 1.165) is 0 Å². The van der Waals surface area contributed by atoms with Gasteiger partial charge in [0.15, 0.2) is 4.30 Å². The Bertz CT molecular complexity index is 1270. The van der Waals surface area contributed by atoms with Gasteiger partial charge in [-0.1, -0.05) is 100.0 Å². The van der Waals surface area contributed by atoms with Crippen molar-refractivity contribution in [2.45, 2.75) is 56.7 Å². The number of hydrogen-bond donors (Lipinski definition) is 0. The molecule has 3 aromatic rings. The molecular formula is C31H37Cl3N2O7U-6. The minimum Gasteiger partial charge on any atom is -2.00 e. The summed E-state index contributed by atoms with van der Waals surface area (Å²) < 4.78 is 10.1. The standard InChI is InChI=1S/C30H36N2O4.CHCl3.H2O.2O.U/c1-29(2,3)23-15-21(35-7)13-19(27(23)33)17-31-25-11-9-10-12-26(25)32-18-20-14-22(36-8)16-24(28(20)34)30(4,5)6;2-1(3)4;;;;/h9-18,33-34H,1-8H3;1H;1H2;;;/q;;;2*-2;/p-2. The van der Waals surface area contributed by atoms with E-state index in [1.54, 1.807) is 38.5 Å². The van der Waals surface area contributed by atoms with Crippen LogP contribution in [0.25, 0.3) is 0 Å². The van der Waals surface area contributed by atoms with E-state index >= 15 is 0 Å². The van der Waals surface area contributed by atoms with Crippen LogP contribution < -0.4 is 19.7 Å². The first-order valence-electron chi connectivity index (χ1n) is 12.5. The van der Waals surface area contributed by atoms with Crippen molar-refractivity contribution in [3.63, 3.8) is 0 Å². The second-order valence-corrected chi connectivity index (χ2v) is 12.9. The van der Waals surface area contributed by atoms with Crippen molar-refractivity contribution >= 4 is 58.6 Å². The third-order valence-corrected chi connectivity index (χ3v) is 5.84. The molecule has 0 atom stereocenters. The van der Waals surface area contributed by atoms with Crippen LogP contribution in [0.1, 0.15) is 63.8 Å². The number of alkyl halides is 3. The molecule has 2 N–H and O–H groups in total. The number of para-hydroxylation sites is 2. The van der Waals surface area contributed by atoms with Crippen molar-refractivity contribution in [1.29, 1.82) is 0 Å². The predicted octanol–water partition coefficient (Wildman–Crippen LogP) is 6.87. The maximum absolute atomic E-state index is 13.1. The van der Waals surface area contributed by atoms with Gasteiger partial charge in [-0.3, -0.25) is 9.98 Å². The Hall–Kier alpha value is -2.00. The van der Waals surface area contributed by atoms with Crippen molar-refractivity contribution in [2.75, 3.05) is 14.2 Å². The average Bonchev–Trinajstić information content (AvgIpc) is 2.86. The van der Waals surface area contributed by atoms with Gasteiger partial charge >= 0.3 is 0 Å². The fourth-order valence-corrected chi connectivity index (χ4v) is 3.75. The Morgan fingerprint density at radius 3 is 1.23 bits per heavy atom. The van der Waals surface area contributed by atoms with Crippen LogP contribution in [0.4, 0.5) is 11.4 Å². The molecule has 0 saturated heterocycles. The quantitative estimate of drug-likeness (QED) is 0.194. The van der Waals surface area contributed by atoms with Gasteiger partial charge < -0.3 is 36.1 Å². The van der Waals surface area contributed by atoms with Crippen molar-refractivity contribution < 1.29 is 67.2 Å². The van der Waals surface area contributed by atoms with Crippen molar-refractivity contribution in [2.24, 2.45) is 9.98 Å². The van der Waals surface area contributed by atoms with E-state index in [4.69, 9.17) is 44.3 Å². The minimum atomic E-state index is -0.750. The number of aliphatic imine (C=N–C) groups is 2. The van der Waals surface area contributed by atoms with E-state index in [-0.39, 0.29) is 69.9 Å². The van der Waals surface area contributed by atoms with Gasteiger partial charge in [0.25, 0.3) is 0 Å². The van der Waals surface area contributed by atoms with E-state index in [1.807, 2.05) is 65.8 Å². The van der Waals surface area contributed by atoms with Crippen molar-refractivity contribution in [3.8, 4) is 23.0 Å². The predicted molar refractivity (Wildman–Crippen MR) is 170 cm³/mol. The van der Waals surface area contributed by atoms with Crippen LogP contribution in [0.15, 0.2) is 58.5 Å². The van der Waals surface area contributed by atoms with Gasteiger partial charge in [-0.05, 0) is 69.5 Å². The topological polar surface area (TPSA) is 178 Å². The van der Waals surface area contributed by atoms with Gasteiger partial charge in [0.1, 0.15) is 11.5 Å². The number of benzene rings is 3. The molecule has 9 nitrogen and oxygen atoms in total. The Kier molecular flexibility index (Phi) is 21.3. The molecule has 3 aromatic carbocycles.